The van der Waals surface area contributed by atoms with Gasteiger partial charge in [0.1, 0.15) is 11.8 Å². The van der Waals surface area contributed by atoms with Crippen molar-refractivity contribution in [3.8, 4) is 5.75 Å². The Morgan fingerprint density at radius 1 is 1.13 bits per heavy atom. The maximum absolute atomic E-state index is 13.1. The van der Waals surface area contributed by atoms with Crippen molar-refractivity contribution in [3.63, 3.8) is 0 Å². The molecule has 0 fully saturated rings. The van der Waals surface area contributed by atoms with Crippen molar-refractivity contribution in [1.82, 2.24) is 10.2 Å². The summed E-state index contributed by atoms with van der Waals surface area (Å²) < 4.78 is 7.36. The lowest BCUT2D eigenvalue weighted by atomic mass is 10.1. The molecule has 30 heavy (non-hydrogen) atoms. The first-order valence-corrected chi connectivity index (χ1v) is 11.4. The van der Waals surface area contributed by atoms with Gasteiger partial charge in [-0.3, -0.25) is 9.59 Å². The Hall–Kier alpha value is -1.57. The number of carbonyl (C=O) groups is 2. The summed E-state index contributed by atoms with van der Waals surface area (Å²) in [6.45, 7) is 7.45. The lowest BCUT2D eigenvalue weighted by Crippen LogP contribution is -2.53. The molecule has 0 aliphatic heterocycles. The van der Waals surface area contributed by atoms with Crippen molar-refractivity contribution in [2.45, 2.75) is 45.8 Å². The average molecular weight is 561 g/mol. The Bertz CT molecular complexity index is 915. The largest absolute Gasteiger partial charge is 0.482 e. The number of amides is 2. The summed E-state index contributed by atoms with van der Waals surface area (Å²) >= 11 is 13.0. The van der Waals surface area contributed by atoms with E-state index in [1.54, 1.807) is 25.1 Å². The van der Waals surface area contributed by atoms with Crippen molar-refractivity contribution in [1.29, 1.82) is 0 Å². The fraction of sp³-hybridized carbons (Fsp3) is 0.364. The molecular formula is C22H25Br2ClN2O3. The zero-order valence-electron chi connectivity index (χ0n) is 17.3. The highest BCUT2D eigenvalue weighted by Gasteiger charge is 2.28. The first-order chi connectivity index (χ1) is 14.0. The summed E-state index contributed by atoms with van der Waals surface area (Å²) in [5, 5.41) is 3.33. The van der Waals surface area contributed by atoms with Crippen LogP contribution < -0.4 is 10.1 Å². The summed E-state index contributed by atoms with van der Waals surface area (Å²) in [5.74, 6) is -0.138. The Balaban J connectivity index is 2.20. The third kappa shape index (κ3) is 7.60. The number of carbonyl (C=O) groups excluding carboxylic acids is 2. The molecule has 2 aromatic rings. The molecule has 162 valence electrons. The molecule has 1 atom stereocenters. The molecular weight excluding hydrogens is 536 g/mol. The molecule has 5 nitrogen and oxygen atoms in total. The predicted octanol–water partition coefficient (Wildman–Crippen LogP) is 5.58. The summed E-state index contributed by atoms with van der Waals surface area (Å²) in [6.07, 6.45) is 0. The van der Waals surface area contributed by atoms with Gasteiger partial charge in [0.15, 0.2) is 6.61 Å². The number of halogens is 3. The van der Waals surface area contributed by atoms with Crippen LogP contribution in [-0.4, -0.2) is 34.9 Å². The highest BCUT2D eigenvalue weighted by Crippen LogP contribution is 2.28. The molecule has 0 bridgehead atoms. The van der Waals surface area contributed by atoms with Gasteiger partial charge in [0.25, 0.3) is 5.91 Å². The van der Waals surface area contributed by atoms with Gasteiger partial charge in [-0.25, -0.2) is 0 Å². The van der Waals surface area contributed by atoms with E-state index in [1.165, 1.54) is 4.90 Å². The topological polar surface area (TPSA) is 58.6 Å². The molecule has 0 spiro atoms. The summed E-state index contributed by atoms with van der Waals surface area (Å²) in [6, 6.07) is 12.1. The zero-order valence-corrected chi connectivity index (χ0v) is 21.3. The second-order valence-corrected chi connectivity index (χ2v) is 10.2. The van der Waals surface area contributed by atoms with E-state index in [4.69, 9.17) is 16.3 Å². The molecule has 2 rings (SSSR count). The highest BCUT2D eigenvalue weighted by molar-refractivity contribution is 9.10. The smallest absolute Gasteiger partial charge is 0.261 e. The highest BCUT2D eigenvalue weighted by atomic mass is 79.9. The number of rotatable bonds is 7. The molecule has 0 aliphatic carbocycles. The lowest BCUT2D eigenvalue weighted by Gasteiger charge is -2.31. The van der Waals surface area contributed by atoms with E-state index in [0.29, 0.717) is 10.8 Å². The van der Waals surface area contributed by atoms with Crippen molar-refractivity contribution in [2.24, 2.45) is 0 Å². The van der Waals surface area contributed by atoms with E-state index in [0.717, 1.165) is 14.5 Å². The van der Waals surface area contributed by atoms with Crippen molar-refractivity contribution < 1.29 is 14.3 Å². The third-order valence-electron chi connectivity index (χ3n) is 4.15. The Morgan fingerprint density at radius 3 is 2.40 bits per heavy atom. The van der Waals surface area contributed by atoms with Crippen LogP contribution in [0.15, 0.2) is 51.4 Å². The summed E-state index contributed by atoms with van der Waals surface area (Å²) in [4.78, 5) is 27.3. The van der Waals surface area contributed by atoms with Gasteiger partial charge < -0.3 is 15.0 Å². The normalized spacial score (nSPS) is 12.2. The second kappa shape index (κ2) is 10.6. The van der Waals surface area contributed by atoms with Gasteiger partial charge in [0.05, 0.1) is 5.02 Å². The van der Waals surface area contributed by atoms with E-state index in [-0.39, 0.29) is 25.0 Å². The molecule has 2 amide bonds. The minimum absolute atomic E-state index is 0.229. The van der Waals surface area contributed by atoms with Crippen LogP contribution in [0.5, 0.6) is 5.75 Å². The van der Waals surface area contributed by atoms with E-state index >= 15 is 0 Å². The summed E-state index contributed by atoms with van der Waals surface area (Å²) in [7, 11) is 0. The SMILES string of the molecule is C[C@H](C(=O)NC(C)(C)C)N(Cc1cccc(Br)c1)C(=O)COc1ccc(Br)cc1Cl. The molecule has 0 saturated heterocycles. The van der Waals surface area contributed by atoms with Crippen LogP contribution >= 0.6 is 43.5 Å². The van der Waals surface area contributed by atoms with Crippen LogP contribution in [0.2, 0.25) is 5.02 Å². The van der Waals surface area contributed by atoms with Crippen molar-refractivity contribution in [3.05, 3.63) is 62.0 Å². The number of nitrogens with one attached hydrogen (secondary N) is 1. The minimum atomic E-state index is -0.681. The van der Waals surface area contributed by atoms with Crippen LogP contribution in [0.4, 0.5) is 0 Å². The molecule has 8 heteroatoms. The molecule has 0 radical (unpaired) electrons. The number of ether oxygens (including phenoxy) is 1. The zero-order chi connectivity index (χ0) is 22.5. The predicted molar refractivity (Wildman–Crippen MR) is 127 cm³/mol. The van der Waals surface area contributed by atoms with Crippen molar-refractivity contribution in [2.75, 3.05) is 6.61 Å². The summed E-state index contributed by atoms with van der Waals surface area (Å²) in [5.41, 5.74) is 0.493. The quantitative estimate of drug-likeness (QED) is 0.481. The van der Waals surface area contributed by atoms with E-state index in [1.807, 2.05) is 45.0 Å². The van der Waals surface area contributed by atoms with Gasteiger partial charge in [0.2, 0.25) is 5.91 Å². The van der Waals surface area contributed by atoms with Gasteiger partial charge in [-0.1, -0.05) is 55.6 Å². The Morgan fingerprint density at radius 2 is 1.80 bits per heavy atom. The van der Waals surface area contributed by atoms with Gasteiger partial charge >= 0.3 is 0 Å². The first kappa shape index (κ1) is 24.7. The van der Waals surface area contributed by atoms with Crippen LogP contribution in [0, 0.1) is 0 Å². The molecule has 0 aliphatic rings. The first-order valence-electron chi connectivity index (χ1n) is 9.40. The molecule has 0 aromatic heterocycles. The average Bonchev–Trinajstić information content (AvgIpc) is 2.63. The Labute approximate surface area is 199 Å². The minimum Gasteiger partial charge on any atom is -0.482 e. The van der Waals surface area contributed by atoms with Crippen LogP contribution in [-0.2, 0) is 16.1 Å². The van der Waals surface area contributed by atoms with Crippen molar-refractivity contribution >= 4 is 55.3 Å². The van der Waals surface area contributed by atoms with Gasteiger partial charge in [0, 0.05) is 21.0 Å². The molecule has 1 N–H and O–H groups in total. The molecule has 0 unspecified atom stereocenters. The fourth-order valence-electron chi connectivity index (χ4n) is 2.70. The second-order valence-electron chi connectivity index (χ2n) is 7.93. The van der Waals surface area contributed by atoms with Gasteiger partial charge in [-0.15, -0.1) is 0 Å². The van der Waals surface area contributed by atoms with Crippen LogP contribution in [0.3, 0.4) is 0 Å². The van der Waals surface area contributed by atoms with Gasteiger partial charge in [-0.05, 0) is 63.6 Å². The number of nitrogens with zero attached hydrogens (tertiary/aromatic N) is 1. The molecule has 0 heterocycles. The van der Waals surface area contributed by atoms with E-state index in [2.05, 4.69) is 37.2 Å². The van der Waals surface area contributed by atoms with Gasteiger partial charge in [-0.2, -0.15) is 0 Å². The maximum Gasteiger partial charge on any atom is 0.261 e. The molecule has 0 saturated carbocycles. The number of benzene rings is 2. The van der Waals surface area contributed by atoms with Crippen LogP contribution in [0.1, 0.15) is 33.3 Å². The standard InChI is InChI=1S/C22H25Br2ClN2O3/c1-14(21(29)26-22(2,3)4)27(12-15-6-5-7-16(23)10-15)20(28)13-30-19-9-8-17(24)11-18(19)25/h5-11,14H,12-13H2,1-4H3,(H,26,29)/t14-/m1/s1. The Kier molecular flexibility index (Phi) is 8.76. The monoisotopic (exact) mass is 558 g/mol. The lowest BCUT2D eigenvalue weighted by molar-refractivity contribution is -0.142. The molecule has 2 aromatic carbocycles. The van der Waals surface area contributed by atoms with Crippen LogP contribution in [0.25, 0.3) is 0 Å². The fourth-order valence-corrected chi connectivity index (χ4v) is 3.88. The van der Waals surface area contributed by atoms with E-state index in [9.17, 15) is 9.59 Å². The van der Waals surface area contributed by atoms with E-state index < -0.39 is 11.6 Å². The number of hydrogen-bond donors (Lipinski definition) is 1. The number of hydrogen-bond acceptors (Lipinski definition) is 3. The maximum atomic E-state index is 13.1. The third-order valence-corrected chi connectivity index (χ3v) is 5.43.